The first kappa shape index (κ1) is 24.2. The fourth-order valence-electron chi connectivity index (χ4n) is 3.86. The van der Waals surface area contributed by atoms with Gasteiger partial charge in [0.15, 0.2) is 0 Å². The number of hydrogen-bond acceptors (Lipinski definition) is 5. The number of ether oxygens (including phenoxy) is 1. The highest BCUT2D eigenvalue weighted by Crippen LogP contribution is 2.28. The normalized spacial score (nSPS) is 15.4. The molecule has 33 heavy (non-hydrogen) atoms. The third-order valence-electron chi connectivity index (χ3n) is 5.59. The molecular weight excluding hydrogens is 418 g/mol. The molecule has 1 heterocycles. The first-order valence-electron chi connectivity index (χ1n) is 11.4. The number of anilines is 1. The number of carbonyl (C=O) groups excluding carboxylic acids is 3. The maximum Gasteiger partial charge on any atom is 0.325 e. The Morgan fingerprint density at radius 2 is 1.73 bits per heavy atom. The van der Waals surface area contributed by atoms with Crippen LogP contribution < -0.4 is 4.90 Å². The van der Waals surface area contributed by atoms with Gasteiger partial charge in [0.05, 0.1) is 18.0 Å². The summed E-state index contributed by atoms with van der Waals surface area (Å²) < 4.78 is 5.10. The van der Waals surface area contributed by atoms with Crippen LogP contribution in [0, 0.1) is 0 Å². The second kappa shape index (κ2) is 11.4. The van der Waals surface area contributed by atoms with Gasteiger partial charge in [0.2, 0.25) is 12.1 Å². The van der Waals surface area contributed by atoms with Crippen molar-refractivity contribution in [2.24, 2.45) is 4.99 Å². The monoisotopic (exact) mass is 449 g/mol. The minimum atomic E-state index is -1.17. The first-order valence-corrected chi connectivity index (χ1v) is 11.4. The fraction of sp³-hybridized carbons (Fsp3) is 0.385. The van der Waals surface area contributed by atoms with Crippen LogP contribution in [0.4, 0.5) is 5.69 Å². The molecular formula is C26H31N3O4. The Labute approximate surface area is 195 Å². The number of para-hydroxylation sites is 1. The summed E-state index contributed by atoms with van der Waals surface area (Å²) in [6.07, 6.45) is 1.60. The predicted octanol–water partition coefficient (Wildman–Crippen LogP) is 3.80. The number of benzene rings is 2. The van der Waals surface area contributed by atoms with Crippen molar-refractivity contribution < 1.29 is 19.1 Å². The summed E-state index contributed by atoms with van der Waals surface area (Å²) in [5.74, 6) is -1.22. The van der Waals surface area contributed by atoms with Crippen LogP contribution in [0.1, 0.15) is 50.7 Å². The number of rotatable bonds is 9. The molecule has 0 aromatic heterocycles. The molecule has 0 N–H and O–H groups in total. The molecule has 174 valence electrons. The Morgan fingerprint density at radius 1 is 1.03 bits per heavy atom. The van der Waals surface area contributed by atoms with Crippen LogP contribution in [-0.4, -0.2) is 54.8 Å². The quantitative estimate of drug-likeness (QED) is 0.431. The van der Waals surface area contributed by atoms with Gasteiger partial charge in [0.1, 0.15) is 6.54 Å². The van der Waals surface area contributed by atoms with Crippen molar-refractivity contribution in [3.63, 3.8) is 0 Å². The van der Waals surface area contributed by atoms with Gasteiger partial charge in [-0.3, -0.25) is 14.4 Å². The van der Waals surface area contributed by atoms with E-state index in [1.807, 2.05) is 54.6 Å². The average molecular weight is 450 g/mol. The molecule has 0 saturated heterocycles. The van der Waals surface area contributed by atoms with Crippen molar-refractivity contribution in [3.8, 4) is 0 Å². The maximum atomic E-state index is 13.6. The Kier molecular flexibility index (Phi) is 8.35. The number of hydrogen-bond donors (Lipinski definition) is 0. The lowest BCUT2D eigenvalue weighted by molar-refractivity contribution is -0.151. The highest BCUT2D eigenvalue weighted by Gasteiger charge is 2.37. The molecule has 2 aromatic carbocycles. The van der Waals surface area contributed by atoms with E-state index >= 15 is 0 Å². The largest absolute Gasteiger partial charge is 0.465 e. The summed E-state index contributed by atoms with van der Waals surface area (Å²) >= 11 is 0. The summed E-state index contributed by atoms with van der Waals surface area (Å²) in [5, 5.41) is 0. The molecule has 1 aliphatic heterocycles. The first-order chi connectivity index (χ1) is 16.0. The van der Waals surface area contributed by atoms with Crippen LogP contribution in [0.2, 0.25) is 0 Å². The molecule has 2 aromatic rings. The minimum Gasteiger partial charge on any atom is -0.465 e. The molecule has 1 unspecified atom stereocenters. The smallest absolute Gasteiger partial charge is 0.325 e. The topological polar surface area (TPSA) is 79.3 Å². The molecule has 0 spiro atoms. The SMILES string of the molecule is CCCCCC(=O)N(CC(=O)OCC)C1N=C(c2ccccc2)c2ccccc2N(C)C1=O. The third-order valence-corrected chi connectivity index (χ3v) is 5.59. The Morgan fingerprint density at radius 3 is 2.42 bits per heavy atom. The van der Waals surface area contributed by atoms with E-state index in [1.165, 1.54) is 9.80 Å². The van der Waals surface area contributed by atoms with Crippen molar-refractivity contribution in [2.45, 2.75) is 45.7 Å². The zero-order valence-electron chi connectivity index (χ0n) is 19.5. The second-order valence-corrected chi connectivity index (χ2v) is 7.92. The number of aliphatic imine (C=N–C) groups is 1. The third kappa shape index (κ3) is 5.66. The lowest BCUT2D eigenvalue weighted by atomic mass is 10.0. The minimum absolute atomic E-state index is 0.194. The van der Waals surface area contributed by atoms with Crippen molar-refractivity contribution >= 4 is 29.2 Å². The molecule has 0 fully saturated rings. The van der Waals surface area contributed by atoms with E-state index in [1.54, 1.807) is 14.0 Å². The fourth-order valence-corrected chi connectivity index (χ4v) is 3.86. The molecule has 0 aliphatic carbocycles. The maximum absolute atomic E-state index is 13.6. The molecule has 0 bridgehead atoms. The van der Waals surface area contributed by atoms with E-state index in [-0.39, 0.29) is 31.4 Å². The number of amides is 2. The van der Waals surface area contributed by atoms with Gasteiger partial charge in [0.25, 0.3) is 5.91 Å². The molecule has 1 aliphatic rings. The van der Waals surface area contributed by atoms with Crippen LogP contribution in [0.3, 0.4) is 0 Å². The van der Waals surface area contributed by atoms with Crippen LogP contribution in [0.25, 0.3) is 0 Å². The van der Waals surface area contributed by atoms with E-state index in [9.17, 15) is 14.4 Å². The zero-order chi connectivity index (χ0) is 23.8. The Balaban J connectivity index is 2.10. The van der Waals surface area contributed by atoms with Crippen molar-refractivity contribution in [1.29, 1.82) is 0 Å². The summed E-state index contributed by atoms with van der Waals surface area (Å²) in [6.45, 7) is 3.63. The van der Waals surface area contributed by atoms with Gasteiger partial charge in [0, 0.05) is 24.6 Å². The van der Waals surface area contributed by atoms with Gasteiger partial charge in [-0.05, 0) is 19.4 Å². The van der Waals surface area contributed by atoms with Gasteiger partial charge in [-0.1, -0.05) is 68.3 Å². The number of carbonyl (C=O) groups is 3. The van der Waals surface area contributed by atoms with E-state index in [0.29, 0.717) is 17.8 Å². The number of fused-ring (bicyclic) bond motifs is 1. The number of nitrogens with zero attached hydrogens (tertiary/aromatic N) is 3. The highest BCUT2D eigenvalue weighted by atomic mass is 16.5. The molecule has 2 amide bonds. The second-order valence-electron chi connectivity index (χ2n) is 7.92. The van der Waals surface area contributed by atoms with Gasteiger partial charge in [-0.2, -0.15) is 0 Å². The van der Waals surface area contributed by atoms with E-state index in [4.69, 9.17) is 9.73 Å². The van der Waals surface area contributed by atoms with Gasteiger partial charge >= 0.3 is 5.97 Å². The molecule has 7 nitrogen and oxygen atoms in total. The number of benzodiazepines with no additional fused rings is 1. The molecule has 0 radical (unpaired) electrons. The van der Waals surface area contributed by atoms with Gasteiger partial charge in [-0.25, -0.2) is 4.99 Å². The highest BCUT2D eigenvalue weighted by molar-refractivity contribution is 6.20. The Bertz CT molecular complexity index is 1020. The van der Waals surface area contributed by atoms with E-state index in [0.717, 1.165) is 24.0 Å². The van der Waals surface area contributed by atoms with Crippen molar-refractivity contribution in [2.75, 3.05) is 25.1 Å². The van der Waals surface area contributed by atoms with Crippen LogP contribution >= 0.6 is 0 Å². The summed E-state index contributed by atoms with van der Waals surface area (Å²) in [7, 11) is 1.67. The van der Waals surface area contributed by atoms with Crippen molar-refractivity contribution in [3.05, 3.63) is 65.7 Å². The number of unbranched alkanes of at least 4 members (excludes halogenated alkanes) is 2. The van der Waals surface area contributed by atoms with Gasteiger partial charge < -0.3 is 14.5 Å². The zero-order valence-corrected chi connectivity index (χ0v) is 19.5. The molecule has 1 atom stereocenters. The van der Waals surface area contributed by atoms with Crippen LogP contribution in [0.5, 0.6) is 0 Å². The lowest BCUT2D eigenvalue weighted by Crippen LogP contribution is -2.51. The molecule has 7 heteroatoms. The number of esters is 1. The molecule has 0 saturated carbocycles. The number of likely N-dealkylation sites (N-methyl/N-ethyl adjacent to an activating group) is 1. The molecule has 3 rings (SSSR count). The van der Waals surface area contributed by atoms with E-state index < -0.39 is 12.1 Å². The standard InChI is InChI=1S/C26H31N3O4/c1-4-6-8-17-22(30)29(18-23(31)33-5-2)25-26(32)28(3)21-16-12-11-15-20(21)24(27-25)19-13-9-7-10-14-19/h7,9-16,25H,4-6,8,17-18H2,1-3H3. The Hall–Kier alpha value is -3.48. The summed E-state index contributed by atoms with van der Waals surface area (Å²) in [4.78, 5) is 46.8. The van der Waals surface area contributed by atoms with Crippen molar-refractivity contribution in [1.82, 2.24) is 4.90 Å². The van der Waals surface area contributed by atoms with Crippen LogP contribution in [0.15, 0.2) is 59.6 Å². The predicted molar refractivity (Wildman–Crippen MR) is 128 cm³/mol. The summed E-state index contributed by atoms with van der Waals surface area (Å²) in [6, 6.07) is 17.1. The van der Waals surface area contributed by atoms with E-state index in [2.05, 4.69) is 6.92 Å². The van der Waals surface area contributed by atoms with Gasteiger partial charge in [-0.15, -0.1) is 0 Å². The van der Waals surface area contributed by atoms with Crippen LogP contribution in [-0.2, 0) is 19.1 Å². The summed E-state index contributed by atoms with van der Waals surface area (Å²) in [5.41, 5.74) is 2.91. The average Bonchev–Trinajstić information content (AvgIpc) is 2.93. The lowest BCUT2D eigenvalue weighted by Gasteiger charge is -2.29.